The standard InChI is InChI=1S/C14H20FN3O2/c1-17-9-11(20-3)6-10(17)8-18(2)14(19)12-4-5-16-7-13(12)15/h4-5,7,10-11H,6,8-9H2,1-3H3/t10-,11-/m0/s1. The molecule has 0 bridgehead atoms. The van der Waals surface area contributed by atoms with Crippen molar-refractivity contribution < 1.29 is 13.9 Å². The molecular formula is C14H20FN3O2. The number of pyridine rings is 1. The molecule has 2 heterocycles. The van der Waals surface area contributed by atoms with Crippen molar-refractivity contribution in [3.05, 3.63) is 29.8 Å². The number of aromatic nitrogens is 1. The lowest BCUT2D eigenvalue weighted by Gasteiger charge is -2.25. The number of hydrogen-bond acceptors (Lipinski definition) is 4. The van der Waals surface area contributed by atoms with E-state index in [0.29, 0.717) is 6.54 Å². The van der Waals surface area contributed by atoms with Crippen LogP contribution in [0.25, 0.3) is 0 Å². The van der Waals surface area contributed by atoms with Crippen LogP contribution in [0, 0.1) is 5.82 Å². The Kier molecular flexibility index (Phi) is 4.67. The maximum atomic E-state index is 13.6. The third kappa shape index (κ3) is 3.13. The van der Waals surface area contributed by atoms with Crippen molar-refractivity contribution in [1.82, 2.24) is 14.8 Å². The first-order valence-electron chi connectivity index (χ1n) is 6.61. The van der Waals surface area contributed by atoms with E-state index in [0.717, 1.165) is 19.2 Å². The monoisotopic (exact) mass is 281 g/mol. The Morgan fingerprint density at radius 3 is 3.00 bits per heavy atom. The molecule has 2 rings (SSSR count). The van der Waals surface area contributed by atoms with Crippen LogP contribution >= 0.6 is 0 Å². The van der Waals surface area contributed by atoms with Crippen molar-refractivity contribution in [2.45, 2.75) is 18.6 Å². The number of carbonyl (C=O) groups is 1. The molecule has 1 aromatic heterocycles. The second kappa shape index (κ2) is 6.28. The highest BCUT2D eigenvalue weighted by Crippen LogP contribution is 2.19. The summed E-state index contributed by atoms with van der Waals surface area (Å²) in [5.74, 6) is -0.905. The van der Waals surface area contributed by atoms with Gasteiger partial charge in [0, 0.05) is 39.5 Å². The molecule has 1 saturated heterocycles. The highest BCUT2D eigenvalue weighted by Gasteiger charge is 2.31. The van der Waals surface area contributed by atoms with E-state index in [1.54, 1.807) is 19.1 Å². The minimum absolute atomic E-state index is 0.0615. The molecule has 0 unspecified atom stereocenters. The van der Waals surface area contributed by atoms with Crippen LogP contribution in [0.2, 0.25) is 0 Å². The predicted octanol–water partition coefficient (Wildman–Crippen LogP) is 1.01. The highest BCUT2D eigenvalue weighted by atomic mass is 19.1. The number of halogens is 1. The Morgan fingerprint density at radius 1 is 1.65 bits per heavy atom. The number of rotatable bonds is 4. The molecule has 1 aliphatic rings. The Balaban J connectivity index is 2.00. The molecule has 1 fully saturated rings. The number of amides is 1. The minimum Gasteiger partial charge on any atom is -0.380 e. The van der Waals surface area contributed by atoms with Crippen molar-refractivity contribution in [2.75, 3.05) is 34.3 Å². The highest BCUT2D eigenvalue weighted by molar-refractivity contribution is 5.94. The first-order chi connectivity index (χ1) is 9.52. The molecule has 5 nitrogen and oxygen atoms in total. The van der Waals surface area contributed by atoms with Crippen LogP contribution in [0.5, 0.6) is 0 Å². The third-order valence-corrected chi connectivity index (χ3v) is 3.82. The van der Waals surface area contributed by atoms with Gasteiger partial charge in [-0.2, -0.15) is 0 Å². The molecule has 0 spiro atoms. The van der Waals surface area contributed by atoms with Crippen LogP contribution in [-0.4, -0.2) is 67.1 Å². The second-order valence-electron chi connectivity index (χ2n) is 5.23. The first-order valence-corrected chi connectivity index (χ1v) is 6.61. The van der Waals surface area contributed by atoms with Crippen LogP contribution < -0.4 is 0 Å². The van der Waals surface area contributed by atoms with Gasteiger partial charge < -0.3 is 9.64 Å². The van der Waals surface area contributed by atoms with Crippen molar-refractivity contribution in [3.8, 4) is 0 Å². The van der Waals surface area contributed by atoms with Gasteiger partial charge in [0.05, 0.1) is 17.9 Å². The molecular weight excluding hydrogens is 261 g/mol. The van der Waals surface area contributed by atoms with E-state index in [1.807, 2.05) is 7.05 Å². The molecule has 0 radical (unpaired) electrons. The maximum absolute atomic E-state index is 13.6. The zero-order valence-corrected chi connectivity index (χ0v) is 12.0. The maximum Gasteiger partial charge on any atom is 0.256 e. The number of likely N-dealkylation sites (N-methyl/N-ethyl adjacent to an activating group) is 2. The SMILES string of the molecule is CO[C@H]1C[C@@H](CN(C)C(=O)c2ccncc2F)N(C)C1. The van der Waals surface area contributed by atoms with E-state index in [2.05, 4.69) is 9.88 Å². The molecule has 0 N–H and O–H groups in total. The second-order valence-corrected chi connectivity index (χ2v) is 5.23. The van der Waals surface area contributed by atoms with Gasteiger partial charge in [-0.05, 0) is 19.5 Å². The van der Waals surface area contributed by atoms with E-state index in [-0.39, 0.29) is 23.6 Å². The number of carbonyl (C=O) groups excluding carboxylic acids is 1. The summed E-state index contributed by atoms with van der Waals surface area (Å²) in [5.41, 5.74) is 0.0615. The van der Waals surface area contributed by atoms with Gasteiger partial charge in [0.2, 0.25) is 0 Å². The summed E-state index contributed by atoms with van der Waals surface area (Å²) >= 11 is 0. The quantitative estimate of drug-likeness (QED) is 0.826. The number of ether oxygens (including phenoxy) is 1. The largest absolute Gasteiger partial charge is 0.380 e. The normalized spacial score (nSPS) is 23.0. The molecule has 6 heteroatoms. The van der Waals surface area contributed by atoms with Crippen LogP contribution in [0.1, 0.15) is 16.8 Å². The van der Waals surface area contributed by atoms with Crippen LogP contribution in [0.3, 0.4) is 0 Å². The van der Waals surface area contributed by atoms with Crippen molar-refractivity contribution >= 4 is 5.91 Å². The van der Waals surface area contributed by atoms with Gasteiger partial charge in [0.25, 0.3) is 5.91 Å². The summed E-state index contributed by atoms with van der Waals surface area (Å²) in [5, 5.41) is 0. The Hall–Kier alpha value is -1.53. The van der Waals surface area contributed by atoms with E-state index < -0.39 is 5.82 Å². The predicted molar refractivity (Wildman–Crippen MR) is 73.0 cm³/mol. The van der Waals surface area contributed by atoms with Gasteiger partial charge in [-0.15, -0.1) is 0 Å². The molecule has 0 aromatic carbocycles. The van der Waals surface area contributed by atoms with E-state index in [4.69, 9.17) is 4.74 Å². The van der Waals surface area contributed by atoms with Gasteiger partial charge in [0.15, 0.2) is 5.82 Å². The summed E-state index contributed by atoms with van der Waals surface area (Å²) < 4.78 is 18.9. The Morgan fingerprint density at radius 2 is 2.40 bits per heavy atom. The first kappa shape index (κ1) is 14.9. The number of likely N-dealkylation sites (tertiary alicyclic amines) is 1. The smallest absolute Gasteiger partial charge is 0.256 e. The Bertz CT molecular complexity index is 483. The van der Waals surface area contributed by atoms with Crippen molar-refractivity contribution in [3.63, 3.8) is 0 Å². The van der Waals surface area contributed by atoms with Gasteiger partial charge in [-0.3, -0.25) is 14.7 Å². The summed E-state index contributed by atoms with van der Waals surface area (Å²) in [6.45, 7) is 1.41. The summed E-state index contributed by atoms with van der Waals surface area (Å²) in [4.78, 5) is 19.6. The lowest BCUT2D eigenvalue weighted by molar-refractivity contribution is 0.0755. The fourth-order valence-corrected chi connectivity index (χ4v) is 2.57. The summed E-state index contributed by atoms with van der Waals surface area (Å²) in [6, 6.07) is 1.64. The van der Waals surface area contributed by atoms with Gasteiger partial charge in [-0.1, -0.05) is 0 Å². The number of nitrogens with zero attached hydrogens (tertiary/aromatic N) is 3. The van der Waals surface area contributed by atoms with Gasteiger partial charge in [0.1, 0.15) is 0 Å². The zero-order chi connectivity index (χ0) is 14.7. The average molecular weight is 281 g/mol. The average Bonchev–Trinajstić information content (AvgIpc) is 2.79. The van der Waals surface area contributed by atoms with Gasteiger partial charge in [-0.25, -0.2) is 4.39 Å². The lowest BCUT2D eigenvalue weighted by Crippen LogP contribution is -2.39. The number of hydrogen-bond donors (Lipinski definition) is 0. The van der Waals surface area contributed by atoms with E-state index in [9.17, 15) is 9.18 Å². The molecule has 110 valence electrons. The van der Waals surface area contributed by atoms with Gasteiger partial charge >= 0.3 is 0 Å². The summed E-state index contributed by atoms with van der Waals surface area (Å²) in [6.07, 6.45) is 3.56. The Labute approximate surface area is 118 Å². The third-order valence-electron chi connectivity index (χ3n) is 3.82. The molecule has 1 aromatic rings. The summed E-state index contributed by atoms with van der Waals surface area (Å²) in [7, 11) is 5.40. The number of methoxy groups -OCH3 is 1. The molecule has 20 heavy (non-hydrogen) atoms. The topological polar surface area (TPSA) is 45.7 Å². The minimum atomic E-state index is -0.584. The van der Waals surface area contributed by atoms with Crippen LogP contribution in [0.4, 0.5) is 4.39 Å². The van der Waals surface area contributed by atoms with Crippen LogP contribution in [0.15, 0.2) is 18.5 Å². The van der Waals surface area contributed by atoms with Crippen molar-refractivity contribution in [2.24, 2.45) is 0 Å². The lowest BCUT2D eigenvalue weighted by atomic mass is 10.1. The molecule has 1 amide bonds. The molecule has 0 aliphatic carbocycles. The van der Waals surface area contributed by atoms with E-state index >= 15 is 0 Å². The van der Waals surface area contributed by atoms with Crippen LogP contribution in [-0.2, 0) is 4.74 Å². The fraction of sp³-hybridized carbons (Fsp3) is 0.571. The fourth-order valence-electron chi connectivity index (χ4n) is 2.57. The molecule has 2 atom stereocenters. The van der Waals surface area contributed by atoms with Crippen molar-refractivity contribution in [1.29, 1.82) is 0 Å². The zero-order valence-electron chi connectivity index (χ0n) is 12.0. The molecule has 1 aliphatic heterocycles. The molecule has 0 saturated carbocycles. The van der Waals surface area contributed by atoms with E-state index in [1.165, 1.54) is 12.3 Å².